The molecule has 7 heteroatoms. The van der Waals surface area contributed by atoms with Gasteiger partial charge in [0, 0.05) is 13.1 Å². The van der Waals surface area contributed by atoms with Gasteiger partial charge < -0.3 is 9.64 Å². The first-order valence-corrected chi connectivity index (χ1v) is 10.3. The van der Waals surface area contributed by atoms with Crippen molar-refractivity contribution in [3.05, 3.63) is 60.4 Å². The number of hydrogen-bond acceptors (Lipinski definition) is 5. The minimum atomic E-state index is -0.727. The fourth-order valence-corrected chi connectivity index (χ4v) is 4.07. The zero-order chi connectivity index (χ0) is 20.5. The molecule has 1 atom stereocenters. The Morgan fingerprint density at radius 3 is 2.50 bits per heavy atom. The summed E-state index contributed by atoms with van der Waals surface area (Å²) < 4.78 is 6.01. The van der Waals surface area contributed by atoms with E-state index in [9.17, 15) is 9.59 Å². The summed E-state index contributed by atoms with van der Waals surface area (Å²) in [5, 5.41) is 0. The third-order valence-electron chi connectivity index (χ3n) is 5.63. The van der Waals surface area contributed by atoms with Crippen molar-refractivity contribution in [1.29, 1.82) is 0 Å². The highest BCUT2D eigenvalue weighted by atomic mass is 16.5. The number of nitrogens with zero attached hydrogens (tertiary/aromatic N) is 4. The van der Waals surface area contributed by atoms with E-state index in [1.165, 1.54) is 6.20 Å². The molecule has 0 aliphatic carbocycles. The van der Waals surface area contributed by atoms with Crippen molar-refractivity contribution in [2.45, 2.75) is 25.4 Å². The van der Waals surface area contributed by atoms with Crippen LogP contribution in [0.4, 0.5) is 5.69 Å². The molecule has 2 aliphatic heterocycles. The number of aromatic nitrogens is 2. The first kappa shape index (κ1) is 18.5. The number of ether oxygens (including phenoxy) is 1. The van der Waals surface area contributed by atoms with Gasteiger partial charge in [0.25, 0.3) is 11.8 Å². The zero-order valence-corrected chi connectivity index (χ0v) is 16.5. The molecule has 2 aromatic carbocycles. The van der Waals surface area contributed by atoms with Crippen LogP contribution in [-0.4, -0.2) is 52.4 Å². The summed E-state index contributed by atoms with van der Waals surface area (Å²) in [5.41, 5.74) is 2.27. The summed E-state index contributed by atoms with van der Waals surface area (Å²) in [5.74, 6) is 0.174. The highest BCUT2D eigenvalue weighted by molar-refractivity contribution is 6.07. The van der Waals surface area contributed by atoms with Gasteiger partial charge in [-0.25, -0.2) is 4.98 Å². The molecule has 0 radical (unpaired) electrons. The van der Waals surface area contributed by atoms with Crippen LogP contribution in [0.5, 0.6) is 5.75 Å². The number of likely N-dealkylation sites (tertiary alicyclic amines) is 1. The molecule has 30 heavy (non-hydrogen) atoms. The van der Waals surface area contributed by atoms with Gasteiger partial charge in [-0.1, -0.05) is 24.3 Å². The highest BCUT2D eigenvalue weighted by Gasteiger charge is 2.37. The predicted octanol–water partition coefficient (Wildman–Crippen LogP) is 3.05. The lowest BCUT2D eigenvalue weighted by atomic mass is 10.1. The minimum absolute atomic E-state index is 0.0633. The van der Waals surface area contributed by atoms with Crippen LogP contribution >= 0.6 is 0 Å². The van der Waals surface area contributed by atoms with Gasteiger partial charge in [0.2, 0.25) is 0 Å². The van der Waals surface area contributed by atoms with Gasteiger partial charge in [0.15, 0.2) is 6.10 Å². The van der Waals surface area contributed by atoms with E-state index in [4.69, 9.17) is 4.74 Å². The second-order valence-corrected chi connectivity index (χ2v) is 7.62. The summed E-state index contributed by atoms with van der Waals surface area (Å²) in [6.45, 7) is 1.63. The molecule has 0 spiro atoms. The van der Waals surface area contributed by atoms with E-state index in [-0.39, 0.29) is 24.1 Å². The number of carbonyl (C=O) groups excluding carboxylic acids is 2. The summed E-state index contributed by atoms with van der Waals surface area (Å²) in [7, 11) is 0. The maximum atomic E-state index is 13.4. The number of benzene rings is 2. The number of hydrogen-bond donors (Lipinski definition) is 0. The number of anilines is 1. The van der Waals surface area contributed by atoms with Gasteiger partial charge in [-0.05, 0) is 43.5 Å². The summed E-state index contributed by atoms with van der Waals surface area (Å²) in [4.78, 5) is 38.8. The Bertz CT molecular complexity index is 1110. The first-order valence-electron chi connectivity index (χ1n) is 10.3. The summed E-state index contributed by atoms with van der Waals surface area (Å²) in [6, 6.07) is 14.7. The molecule has 5 rings (SSSR count). The van der Waals surface area contributed by atoms with Crippen LogP contribution in [0.15, 0.2) is 54.7 Å². The second kappa shape index (κ2) is 7.74. The van der Waals surface area contributed by atoms with Crippen LogP contribution in [0.1, 0.15) is 29.8 Å². The van der Waals surface area contributed by atoms with Crippen molar-refractivity contribution in [2.24, 2.45) is 0 Å². The molecule has 1 aromatic heterocycles. The molecular formula is C23H22N4O3. The largest absolute Gasteiger partial charge is 0.476 e. The van der Waals surface area contributed by atoms with E-state index in [1.807, 2.05) is 47.4 Å². The molecule has 1 fully saturated rings. The minimum Gasteiger partial charge on any atom is -0.476 e. The summed E-state index contributed by atoms with van der Waals surface area (Å²) >= 11 is 0. The molecule has 7 nitrogen and oxygen atoms in total. The number of fused-ring (bicyclic) bond motifs is 2. The Labute approximate surface area is 174 Å². The van der Waals surface area contributed by atoms with Gasteiger partial charge in [-0.15, -0.1) is 0 Å². The van der Waals surface area contributed by atoms with Crippen LogP contribution in [0.2, 0.25) is 0 Å². The number of carbonyl (C=O) groups is 2. The van der Waals surface area contributed by atoms with Gasteiger partial charge in [-0.2, -0.15) is 0 Å². The van der Waals surface area contributed by atoms with E-state index in [0.29, 0.717) is 17.0 Å². The SMILES string of the molecule is O=C([C@@H]1CN(C(=O)c2cnc3ccccc3n2)c2ccccc2O1)N1CCCCC1. The number of rotatable bonds is 2. The van der Waals surface area contributed by atoms with Crippen molar-refractivity contribution in [2.75, 3.05) is 24.5 Å². The fourth-order valence-electron chi connectivity index (χ4n) is 4.07. The molecular weight excluding hydrogens is 380 g/mol. The van der Waals surface area contributed by atoms with Crippen LogP contribution in [0.25, 0.3) is 11.0 Å². The number of amides is 2. The molecule has 2 aliphatic rings. The van der Waals surface area contributed by atoms with Crippen LogP contribution in [0.3, 0.4) is 0 Å². The van der Waals surface area contributed by atoms with Crippen molar-refractivity contribution < 1.29 is 14.3 Å². The third-order valence-corrected chi connectivity index (χ3v) is 5.63. The Hall–Kier alpha value is -3.48. The maximum absolute atomic E-state index is 13.4. The first-order chi connectivity index (χ1) is 14.7. The van der Waals surface area contributed by atoms with Gasteiger partial charge in [-0.3, -0.25) is 19.5 Å². The average molecular weight is 402 g/mol. The van der Waals surface area contributed by atoms with E-state index in [2.05, 4.69) is 9.97 Å². The van der Waals surface area contributed by atoms with E-state index in [0.717, 1.165) is 37.9 Å². The van der Waals surface area contributed by atoms with Crippen molar-refractivity contribution >= 4 is 28.5 Å². The second-order valence-electron chi connectivity index (χ2n) is 7.62. The topological polar surface area (TPSA) is 75.6 Å². The lowest BCUT2D eigenvalue weighted by molar-refractivity contribution is -0.139. The molecule has 1 saturated heterocycles. The van der Waals surface area contributed by atoms with Crippen molar-refractivity contribution in [3.63, 3.8) is 0 Å². The molecule has 0 unspecified atom stereocenters. The Kier molecular flexibility index (Phi) is 4.78. The molecule has 3 heterocycles. The molecule has 0 saturated carbocycles. The predicted molar refractivity (Wildman–Crippen MR) is 113 cm³/mol. The molecule has 3 aromatic rings. The molecule has 152 valence electrons. The number of para-hydroxylation sites is 4. The van der Waals surface area contributed by atoms with E-state index >= 15 is 0 Å². The van der Waals surface area contributed by atoms with Gasteiger partial charge in [0.1, 0.15) is 11.4 Å². The monoisotopic (exact) mass is 402 g/mol. The molecule has 0 bridgehead atoms. The number of piperidine rings is 1. The lowest BCUT2D eigenvalue weighted by Crippen LogP contribution is -2.53. The lowest BCUT2D eigenvalue weighted by Gasteiger charge is -2.37. The van der Waals surface area contributed by atoms with E-state index < -0.39 is 6.10 Å². The highest BCUT2D eigenvalue weighted by Crippen LogP contribution is 2.34. The normalized spacial score (nSPS) is 18.6. The smallest absolute Gasteiger partial charge is 0.278 e. The van der Waals surface area contributed by atoms with Gasteiger partial charge >= 0.3 is 0 Å². The average Bonchev–Trinajstić information content (AvgIpc) is 2.82. The zero-order valence-electron chi connectivity index (χ0n) is 16.5. The van der Waals surface area contributed by atoms with E-state index in [1.54, 1.807) is 11.0 Å². The van der Waals surface area contributed by atoms with Crippen LogP contribution in [0, 0.1) is 0 Å². The quantitative estimate of drug-likeness (QED) is 0.659. The van der Waals surface area contributed by atoms with Gasteiger partial charge in [0.05, 0.1) is 29.5 Å². The molecule has 0 N–H and O–H groups in total. The van der Waals surface area contributed by atoms with Crippen LogP contribution in [-0.2, 0) is 4.79 Å². The Morgan fingerprint density at radius 2 is 1.67 bits per heavy atom. The third kappa shape index (κ3) is 3.36. The Morgan fingerprint density at radius 1 is 0.933 bits per heavy atom. The van der Waals surface area contributed by atoms with Crippen molar-refractivity contribution in [3.8, 4) is 5.75 Å². The fraction of sp³-hybridized carbons (Fsp3) is 0.304. The summed E-state index contributed by atoms with van der Waals surface area (Å²) in [6.07, 6.45) is 3.91. The Balaban J connectivity index is 1.47. The maximum Gasteiger partial charge on any atom is 0.278 e. The van der Waals surface area contributed by atoms with Crippen molar-refractivity contribution in [1.82, 2.24) is 14.9 Å². The van der Waals surface area contributed by atoms with Crippen LogP contribution < -0.4 is 9.64 Å². The molecule has 2 amide bonds. The standard InChI is InChI=1S/C23H22N4O3/c28-22(18-14-24-16-8-2-3-9-17(16)25-18)27-15-21(23(29)26-12-6-1-7-13-26)30-20-11-5-4-10-19(20)27/h2-5,8-11,14,21H,1,6-7,12-13,15H2/t21-/m0/s1.